The van der Waals surface area contributed by atoms with Crippen molar-refractivity contribution in [3.63, 3.8) is 0 Å². The standard InChI is InChI=1S/C30H31N3O4/c1-37-21-27(18-22-8-4-2-5-9-22)31-30(35)28(19-29(34)32-36)33-17-16-26(20-33)25-14-12-24(13-15-25)23-10-6-3-7-11-23/h2-17,20,27-28,36H,18-19,21H2,1H3,(H,31,35)(H,32,34)/t27-,28?/m0/s1. The fraction of sp³-hybridized carbons (Fsp3) is 0.200. The largest absolute Gasteiger partial charge is 0.383 e. The molecular formula is C30H31N3O4. The Morgan fingerprint density at radius 1 is 0.838 bits per heavy atom. The lowest BCUT2D eigenvalue weighted by Gasteiger charge is -2.23. The van der Waals surface area contributed by atoms with E-state index in [0.29, 0.717) is 13.0 Å². The average molecular weight is 498 g/mol. The van der Waals surface area contributed by atoms with Gasteiger partial charge in [0.15, 0.2) is 0 Å². The van der Waals surface area contributed by atoms with Crippen molar-refractivity contribution < 1.29 is 19.5 Å². The van der Waals surface area contributed by atoms with Crippen molar-refractivity contribution in [3.8, 4) is 22.3 Å². The first kappa shape index (κ1) is 25.9. The topological polar surface area (TPSA) is 92.6 Å². The van der Waals surface area contributed by atoms with Crippen LogP contribution in [0.25, 0.3) is 22.3 Å². The minimum absolute atomic E-state index is 0.214. The molecule has 7 nitrogen and oxygen atoms in total. The molecule has 0 saturated heterocycles. The van der Waals surface area contributed by atoms with Gasteiger partial charge in [0.2, 0.25) is 11.8 Å². The number of aromatic nitrogens is 1. The van der Waals surface area contributed by atoms with Crippen molar-refractivity contribution in [1.82, 2.24) is 15.4 Å². The molecule has 3 N–H and O–H groups in total. The molecule has 0 saturated carbocycles. The molecule has 2 amide bonds. The van der Waals surface area contributed by atoms with Gasteiger partial charge in [0, 0.05) is 19.5 Å². The lowest BCUT2D eigenvalue weighted by atomic mass is 10.0. The molecule has 0 aliphatic heterocycles. The molecule has 0 spiro atoms. The molecule has 2 atom stereocenters. The Morgan fingerprint density at radius 3 is 2.05 bits per heavy atom. The number of rotatable bonds is 11. The van der Waals surface area contributed by atoms with Gasteiger partial charge in [-0.05, 0) is 40.3 Å². The molecule has 0 fully saturated rings. The summed E-state index contributed by atoms with van der Waals surface area (Å²) in [5.74, 6) is -0.975. The lowest BCUT2D eigenvalue weighted by Crippen LogP contribution is -2.44. The number of methoxy groups -OCH3 is 1. The van der Waals surface area contributed by atoms with E-state index >= 15 is 0 Å². The number of hydrogen-bond donors (Lipinski definition) is 3. The second-order valence-corrected chi connectivity index (χ2v) is 8.90. The van der Waals surface area contributed by atoms with Crippen LogP contribution in [0.3, 0.4) is 0 Å². The van der Waals surface area contributed by atoms with Crippen molar-refractivity contribution in [1.29, 1.82) is 0 Å². The molecule has 3 aromatic carbocycles. The number of carbonyl (C=O) groups is 2. The molecule has 190 valence electrons. The van der Waals surface area contributed by atoms with Gasteiger partial charge in [0.1, 0.15) is 6.04 Å². The van der Waals surface area contributed by atoms with Crippen LogP contribution in [0.1, 0.15) is 18.0 Å². The number of amides is 2. The van der Waals surface area contributed by atoms with Gasteiger partial charge in [-0.25, -0.2) is 5.48 Å². The molecule has 0 bridgehead atoms. The van der Waals surface area contributed by atoms with Gasteiger partial charge in [-0.1, -0.05) is 84.9 Å². The van der Waals surface area contributed by atoms with E-state index in [0.717, 1.165) is 27.8 Å². The molecular weight excluding hydrogens is 466 g/mol. The molecule has 7 heteroatoms. The maximum Gasteiger partial charge on any atom is 0.245 e. The maximum absolute atomic E-state index is 13.4. The SMILES string of the molecule is COC[C@H](Cc1ccccc1)NC(=O)C(CC(=O)NO)n1ccc(-c2ccc(-c3ccccc3)cc2)c1. The maximum atomic E-state index is 13.4. The Bertz CT molecular complexity index is 1290. The summed E-state index contributed by atoms with van der Waals surface area (Å²) < 4.78 is 7.03. The zero-order valence-corrected chi connectivity index (χ0v) is 20.7. The summed E-state index contributed by atoms with van der Waals surface area (Å²) in [4.78, 5) is 25.4. The first-order valence-electron chi connectivity index (χ1n) is 12.2. The van der Waals surface area contributed by atoms with E-state index in [1.54, 1.807) is 23.4 Å². The summed E-state index contributed by atoms with van der Waals surface area (Å²) in [6.45, 7) is 0.324. The van der Waals surface area contributed by atoms with E-state index in [1.807, 2.05) is 72.9 Å². The summed E-state index contributed by atoms with van der Waals surface area (Å²) in [6.07, 6.45) is 3.99. The third-order valence-corrected chi connectivity index (χ3v) is 6.24. The van der Waals surface area contributed by atoms with Gasteiger partial charge < -0.3 is 14.6 Å². The molecule has 0 aliphatic carbocycles. The summed E-state index contributed by atoms with van der Waals surface area (Å²) in [5.41, 5.74) is 6.87. The van der Waals surface area contributed by atoms with Crippen LogP contribution in [0.4, 0.5) is 0 Å². The van der Waals surface area contributed by atoms with E-state index in [1.165, 1.54) is 0 Å². The zero-order valence-electron chi connectivity index (χ0n) is 20.7. The van der Waals surface area contributed by atoms with Crippen molar-refractivity contribution in [2.45, 2.75) is 24.9 Å². The van der Waals surface area contributed by atoms with E-state index in [4.69, 9.17) is 9.94 Å². The second-order valence-electron chi connectivity index (χ2n) is 8.90. The van der Waals surface area contributed by atoms with Crippen molar-refractivity contribution in [3.05, 3.63) is 109 Å². The molecule has 4 aromatic rings. The van der Waals surface area contributed by atoms with Crippen molar-refractivity contribution in [2.24, 2.45) is 0 Å². The molecule has 0 aliphatic rings. The Kier molecular flexibility index (Phi) is 8.86. The fourth-order valence-electron chi connectivity index (χ4n) is 4.37. The highest BCUT2D eigenvalue weighted by atomic mass is 16.5. The Morgan fingerprint density at radius 2 is 1.43 bits per heavy atom. The predicted molar refractivity (Wildman–Crippen MR) is 143 cm³/mol. The second kappa shape index (κ2) is 12.7. The summed E-state index contributed by atoms with van der Waals surface area (Å²) >= 11 is 0. The van der Waals surface area contributed by atoms with Gasteiger partial charge in [-0.2, -0.15) is 0 Å². The van der Waals surface area contributed by atoms with Gasteiger partial charge in [0.25, 0.3) is 0 Å². The van der Waals surface area contributed by atoms with Crippen LogP contribution in [0.15, 0.2) is 103 Å². The van der Waals surface area contributed by atoms with E-state index < -0.39 is 11.9 Å². The van der Waals surface area contributed by atoms with E-state index in [-0.39, 0.29) is 18.4 Å². The summed E-state index contributed by atoms with van der Waals surface area (Å²) in [5, 5.41) is 12.1. The number of nitrogens with one attached hydrogen (secondary N) is 2. The number of hydrogen-bond acceptors (Lipinski definition) is 4. The van der Waals surface area contributed by atoms with Gasteiger partial charge in [0.05, 0.1) is 19.1 Å². The molecule has 4 rings (SSSR count). The van der Waals surface area contributed by atoms with Crippen LogP contribution >= 0.6 is 0 Å². The minimum atomic E-state index is -0.848. The first-order valence-corrected chi connectivity index (χ1v) is 12.2. The number of carbonyl (C=O) groups excluding carboxylic acids is 2. The highest BCUT2D eigenvalue weighted by molar-refractivity contribution is 5.87. The third-order valence-electron chi connectivity index (χ3n) is 6.24. The van der Waals surface area contributed by atoms with Crippen molar-refractivity contribution in [2.75, 3.05) is 13.7 Å². The molecule has 0 radical (unpaired) electrons. The molecule has 1 unspecified atom stereocenters. The zero-order chi connectivity index (χ0) is 26.0. The van der Waals surface area contributed by atoms with Crippen LogP contribution in [0.2, 0.25) is 0 Å². The third kappa shape index (κ3) is 6.94. The van der Waals surface area contributed by atoms with Crippen LogP contribution in [-0.4, -0.2) is 41.3 Å². The van der Waals surface area contributed by atoms with Crippen LogP contribution in [0, 0.1) is 0 Å². The lowest BCUT2D eigenvalue weighted by molar-refractivity contribution is -0.134. The summed E-state index contributed by atoms with van der Waals surface area (Å²) in [6, 6.07) is 28.9. The number of hydroxylamine groups is 1. The van der Waals surface area contributed by atoms with Gasteiger partial charge in [-0.15, -0.1) is 0 Å². The predicted octanol–water partition coefficient (Wildman–Crippen LogP) is 4.63. The monoisotopic (exact) mass is 497 g/mol. The number of ether oxygens (including phenoxy) is 1. The highest BCUT2D eigenvalue weighted by Crippen LogP contribution is 2.26. The summed E-state index contributed by atoms with van der Waals surface area (Å²) in [7, 11) is 1.59. The van der Waals surface area contributed by atoms with Crippen LogP contribution < -0.4 is 10.8 Å². The van der Waals surface area contributed by atoms with Crippen LogP contribution in [0.5, 0.6) is 0 Å². The Balaban J connectivity index is 1.52. The quantitative estimate of drug-likeness (QED) is 0.208. The average Bonchev–Trinajstić information content (AvgIpc) is 3.43. The normalized spacial score (nSPS) is 12.5. The smallest absolute Gasteiger partial charge is 0.245 e. The number of benzene rings is 3. The Labute approximate surface area is 216 Å². The fourth-order valence-corrected chi connectivity index (χ4v) is 4.37. The van der Waals surface area contributed by atoms with Gasteiger partial charge in [-0.3, -0.25) is 14.8 Å². The van der Waals surface area contributed by atoms with E-state index in [9.17, 15) is 9.59 Å². The van der Waals surface area contributed by atoms with Crippen molar-refractivity contribution >= 4 is 11.8 Å². The van der Waals surface area contributed by atoms with E-state index in [2.05, 4.69) is 29.6 Å². The molecule has 1 aromatic heterocycles. The minimum Gasteiger partial charge on any atom is -0.383 e. The first-order chi connectivity index (χ1) is 18.1. The van der Waals surface area contributed by atoms with Crippen LogP contribution in [-0.2, 0) is 20.7 Å². The number of nitrogens with zero attached hydrogens (tertiary/aromatic N) is 1. The van der Waals surface area contributed by atoms with Gasteiger partial charge >= 0.3 is 0 Å². The Hall–Kier alpha value is -4.20. The highest BCUT2D eigenvalue weighted by Gasteiger charge is 2.26. The molecule has 1 heterocycles. The molecule has 37 heavy (non-hydrogen) atoms.